The number of anilines is 1. The summed E-state index contributed by atoms with van der Waals surface area (Å²) in [5, 5.41) is 3.93. The Balaban J connectivity index is 1.62. The largest absolute Gasteiger partial charge is 0.383 e. The van der Waals surface area contributed by atoms with E-state index in [-0.39, 0.29) is 6.03 Å². The van der Waals surface area contributed by atoms with E-state index in [1.807, 2.05) is 4.90 Å². The lowest BCUT2D eigenvalue weighted by Crippen LogP contribution is -2.52. The predicted molar refractivity (Wildman–Crippen MR) is 98.2 cm³/mol. The summed E-state index contributed by atoms with van der Waals surface area (Å²) in [6, 6.07) is 4.29. The van der Waals surface area contributed by atoms with Crippen molar-refractivity contribution in [3.8, 4) is 0 Å². The predicted octanol–water partition coefficient (Wildman–Crippen LogP) is 2.39. The molecule has 0 saturated carbocycles. The van der Waals surface area contributed by atoms with Crippen LogP contribution < -0.4 is 10.2 Å². The fraction of sp³-hybridized carbons (Fsp3) is 0.529. The van der Waals surface area contributed by atoms with Gasteiger partial charge in [0.1, 0.15) is 0 Å². The van der Waals surface area contributed by atoms with E-state index < -0.39 is 0 Å². The van der Waals surface area contributed by atoms with Crippen LogP contribution in [0.3, 0.4) is 0 Å². The van der Waals surface area contributed by atoms with Crippen LogP contribution in [0.25, 0.3) is 10.2 Å². The monoisotopic (exact) mass is 348 g/mol. The second kappa shape index (κ2) is 7.36. The summed E-state index contributed by atoms with van der Waals surface area (Å²) in [6.45, 7) is 8.39. The number of nitrogens with zero attached hydrogens (tertiary/aromatic N) is 3. The van der Waals surface area contributed by atoms with Gasteiger partial charge in [-0.15, -0.1) is 0 Å². The van der Waals surface area contributed by atoms with Crippen molar-refractivity contribution in [1.82, 2.24) is 15.2 Å². The van der Waals surface area contributed by atoms with Crippen molar-refractivity contribution in [3.05, 3.63) is 23.3 Å². The number of fused-ring (bicyclic) bond motifs is 1. The molecule has 1 fully saturated rings. The first-order valence-electron chi connectivity index (χ1n) is 8.23. The van der Waals surface area contributed by atoms with Gasteiger partial charge in [-0.2, -0.15) is 0 Å². The van der Waals surface area contributed by atoms with E-state index in [4.69, 9.17) is 9.72 Å². The summed E-state index contributed by atoms with van der Waals surface area (Å²) in [4.78, 5) is 21.0. The average molecular weight is 348 g/mol. The Morgan fingerprint density at radius 1 is 1.29 bits per heavy atom. The van der Waals surface area contributed by atoms with Crippen molar-refractivity contribution in [2.75, 3.05) is 51.3 Å². The standard InChI is InChI=1S/C17H24N4O2S/c1-12-4-5-14-15(13(12)2)19-17(24-14)21-9-7-20(8-10-21)16(22)18-6-11-23-3/h4-5H,6-11H2,1-3H3,(H,18,22). The van der Waals surface area contributed by atoms with Gasteiger partial charge in [0.15, 0.2) is 5.13 Å². The van der Waals surface area contributed by atoms with Crippen LogP contribution in [0.15, 0.2) is 12.1 Å². The van der Waals surface area contributed by atoms with Crippen molar-refractivity contribution in [3.63, 3.8) is 0 Å². The number of ether oxygens (including phenoxy) is 1. The number of nitrogens with one attached hydrogen (secondary N) is 1. The number of piperazine rings is 1. The summed E-state index contributed by atoms with van der Waals surface area (Å²) in [5.74, 6) is 0. The highest BCUT2D eigenvalue weighted by molar-refractivity contribution is 7.22. The highest BCUT2D eigenvalue weighted by Crippen LogP contribution is 2.32. The van der Waals surface area contributed by atoms with Crippen molar-refractivity contribution >= 4 is 32.7 Å². The molecule has 7 heteroatoms. The number of carbonyl (C=O) groups excluding carboxylic acids is 1. The van der Waals surface area contributed by atoms with Crippen LogP contribution in [0, 0.1) is 13.8 Å². The third-order valence-electron chi connectivity index (χ3n) is 4.49. The van der Waals surface area contributed by atoms with E-state index >= 15 is 0 Å². The molecule has 0 unspecified atom stereocenters. The third kappa shape index (κ3) is 3.47. The lowest BCUT2D eigenvalue weighted by molar-refractivity contribution is 0.177. The Bertz CT molecular complexity index is 723. The Morgan fingerprint density at radius 2 is 2.04 bits per heavy atom. The minimum atomic E-state index is -0.0116. The summed E-state index contributed by atoms with van der Waals surface area (Å²) in [5.41, 5.74) is 3.64. The normalized spacial score (nSPS) is 15.1. The summed E-state index contributed by atoms with van der Waals surface area (Å²) in [6.07, 6.45) is 0. The number of benzene rings is 1. The maximum Gasteiger partial charge on any atom is 0.317 e. The number of rotatable bonds is 4. The lowest BCUT2D eigenvalue weighted by Gasteiger charge is -2.34. The fourth-order valence-electron chi connectivity index (χ4n) is 2.82. The number of amides is 2. The van der Waals surface area contributed by atoms with Gasteiger partial charge in [0, 0.05) is 39.8 Å². The Labute approximate surface area is 146 Å². The Morgan fingerprint density at radius 3 is 2.75 bits per heavy atom. The van der Waals surface area contributed by atoms with Crippen LogP contribution in [0.5, 0.6) is 0 Å². The minimum absolute atomic E-state index is 0.0116. The SMILES string of the molecule is COCCNC(=O)N1CCN(c2nc3c(C)c(C)ccc3s2)CC1. The summed E-state index contributed by atoms with van der Waals surface area (Å²) in [7, 11) is 1.63. The van der Waals surface area contributed by atoms with Gasteiger partial charge < -0.3 is 19.9 Å². The highest BCUT2D eigenvalue weighted by Gasteiger charge is 2.23. The molecule has 1 aromatic heterocycles. The average Bonchev–Trinajstić information content (AvgIpc) is 3.03. The maximum atomic E-state index is 12.1. The molecule has 3 rings (SSSR count). The molecule has 1 aliphatic rings. The van der Waals surface area contributed by atoms with Crippen molar-refractivity contribution in [1.29, 1.82) is 0 Å². The molecule has 1 N–H and O–H groups in total. The first-order valence-corrected chi connectivity index (χ1v) is 9.05. The number of urea groups is 1. The number of carbonyl (C=O) groups is 1. The zero-order valence-electron chi connectivity index (χ0n) is 14.5. The van der Waals surface area contributed by atoms with E-state index in [1.165, 1.54) is 15.8 Å². The molecule has 0 radical (unpaired) electrons. The van der Waals surface area contributed by atoms with E-state index in [9.17, 15) is 4.79 Å². The number of aryl methyl sites for hydroxylation is 2. The van der Waals surface area contributed by atoms with Crippen LogP contribution >= 0.6 is 11.3 Å². The number of hydrogen-bond acceptors (Lipinski definition) is 5. The Hall–Kier alpha value is -1.86. The zero-order valence-corrected chi connectivity index (χ0v) is 15.3. The van der Waals surface area contributed by atoms with Crippen LogP contribution in [0.2, 0.25) is 0 Å². The molecule has 1 aromatic carbocycles. The lowest BCUT2D eigenvalue weighted by atomic mass is 10.1. The second-order valence-electron chi connectivity index (χ2n) is 6.05. The van der Waals surface area contributed by atoms with Crippen LogP contribution in [-0.4, -0.2) is 62.4 Å². The fourth-order valence-corrected chi connectivity index (χ4v) is 3.90. The molecule has 1 saturated heterocycles. The van der Waals surface area contributed by atoms with Crippen molar-refractivity contribution < 1.29 is 9.53 Å². The number of hydrogen-bond donors (Lipinski definition) is 1. The molecule has 1 aliphatic heterocycles. The van der Waals surface area contributed by atoms with Crippen molar-refractivity contribution in [2.24, 2.45) is 0 Å². The molecule has 0 aliphatic carbocycles. The van der Waals surface area contributed by atoms with Gasteiger partial charge in [-0.3, -0.25) is 0 Å². The van der Waals surface area contributed by atoms with Gasteiger partial charge in [0.25, 0.3) is 0 Å². The van der Waals surface area contributed by atoms with E-state index in [0.29, 0.717) is 26.2 Å². The van der Waals surface area contributed by atoms with E-state index in [0.717, 1.165) is 23.7 Å². The number of thiazole rings is 1. The molecule has 2 aromatic rings. The van der Waals surface area contributed by atoms with Gasteiger partial charge in [-0.25, -0.2) is 9.78 Å². The molecule has 2 amide bonds. The van der Waals surface area contributed by atoms with Crippen molar-refractivity contribution in [2.45, 2.75) is 13.8 Å². The van der Waals surface area contributed by atoms with Gasteiger partial charge in [-0.05, 0) is 31.0 Å². The number of aromatic nitrogens is 1. The molecule has 0 bridgehead atoms. The van der Waals surface area contributed by atoms with Gasteiger partial charge in [0.05, 0.1) is 16.8 Å². The first kappa shape index (κ1) is 17.0. The zero-order chi connectivity index (χ0) is 17.1. The molecular formula is C17H24N4O2S. The molecule has 0 atom stereocenters. The smallest absolute Gasteiger partial charge is 0.317 e. The molecule has 24 heavy (non-hydrogen) atoms. The molecule has 130 valence electrons. The molecule has 6 nitrogen and oxygen atoms in total. The third-order valence-corrected chi connectivity index (χ3v) is 5.57. The topological polar surface area (TPSA) is 57.7 Å². The van der Waals surface area contributed by atoms with Crippen LogP contribution in [0.1, 0.15) is 11.1 Å². The maximum absolute atomic E-state index is 12.1. The molecule has 0 spiro atoms. The molecular weight excluding hydrogens is 324 g/mol. The van der Waals surface area contributed by atoms with Crippen LogP contribution in [-0.2, 0) is 4.74 Å². The van der Waals surface area contributed by atoms with Gasteiger partial charge in [0.2, 0.25) is 0 Å². The van der Waals surface area contributed by atoms with Crippen LogP contribution in [0.4, 0.5) is 9.93 Å². The number of methoxy groups -OCH3 is 1. The first-order chi connectivity index (χ1) is 11.6. The van der Waals surface area contributed by atoms with Gasteiger partial charge >= 0.3 is 6.03 Å². The highest BCUT2D eigenvalue weighted by atomic mass is 32.1. The van der Waals surface area contributed by atoms with Gasteiger partial charge in [-0.1, -0.05) is 17.4 Å². The molecule has 2 heterocycles. The summed E-state index contributed by atoms with van der Waals surface area (Å²) >= 11 is 1.73. The quantitative estimate of drug-likeness (QED) is 0.862. The van der Waals surface area contributed by atoms with E-state index in [1.54, 1.807) is 18.4 Å². The second-order valence-corrected chi connectivity index (χ2v) is 7.06. The summed E-state index contributed by atoms with van der Waals surface area (Å²) < 4.78 is 6.18. The minimum Gasteiger partial charge on any atom is -0.383 e. The van der Waals surface area contributed by atoms with E-state index in [2.05, 4.69) is 36.2 Å². The Kier molecular flexibility index (Phi) is 5.20.